The molecule has 0 saturated carbocycles. The van der Waals surface area contributed by atoms with Crippen LogP contribution >= 0.6 is 0 Å². The van der Waals surface area contributed by atoms with Crippen LogP contribution in [0.4, 0.5) is 14.5 Å². The van der Waals surface area contributed by atoms with Crippen molar-refractivity contribution in [3.8, 4) is 11.5 Å². The Labute approximate surface area is 102 Å². The van der Waals surface area contributed by atoms with E-state index in [0.717, 1.165) is 0 Å². The summed E-state index contributed by atoms with van der Waals surface area (Å²) in [5.41, 5.74) is 5.86. The van der Waals surface area contributed by atoms with Crippen LogP contribution in [-0.4, -0.2) is 18.2 Å². The lowest BCUT2D eigenvalue weighted by molar-refractivity contribution is -0.286. The quantitative estimate of drug-likeness (QED) is 0.865. The highest BCUT2D eigenvalue weighted by Crippen LogP contribution is 2.42. The largest absolute Gasteiger partial charge is 0.586 e. The maximum Gasteiger partial charge on any atom is 0.586 e. The van der Waals surface area contributed by atoms with Gasteiger partial charge in [-0.1, -0.05) is 6.92 Å². The average Bonchev–Trinajstić information content (AvgIpc) is 2.61. The van der Waals surface area contributed by atoms with E-state index in [1.54, 1.807) is 6.92 Å². The van der Waals surface area contributed by atoms with Crippen molar-refractivity contribution in [2.45, 2.75) is 25.7 Å². The molecule has 0 bridgehead atoms. The topological polar surface area (TPSA) is 73.6 Å². The maximum absolute atomic E-state index is 12.8. The number of anilines is 1. The van der Waals surface area contributed by atoms with Gasteiger partial charge in [0.1, 0.15) is 0 Å². The molecule has 3 N–H and O–H groups in total. The van der Waals surface area contributed by atoms with Crippen LogP contribution in [0.1, 0.15) is 13.3 Å². The Morgan fingerprint density at radius 2 is 2.11 bits per heavy atom. The van der Waals surface area contributed by atoms with E-state index in [9.17, 15) is 13.6 Å². The summed E-state index contributed by atoms with van der Waals surface area (Å²) in [5, 5.41) is 2.51. The lowest BCUT2D eigenvalue weighted by atomic mass is 10.2. The van der Waals surface area contributed by atoms with Gasteiger partial charge >= 0.3 is 6.29 Å². The first-order valence-corrected chi connectivity index (χ1v) is 5.37. The van der Waals surface area contributed by atoms with E-state index in [-0.39, 0.29) is 17.4 Å². The monoisotopic (exact) mass is 258 g/mol. The van der Waals surface area contributed by atoms with Crippen molar-refractivity contribution in [1.82, 2.24) is 0 Å². The summed E-state index contributed by atoms with van der Waals surface area (Å²) in [4.78, 5) is 11.5. The molecule has 0 aliphatic carbocycles. The van der Waals surface area contributed by atoms with Gasteiger partial charge in [0.2, 0.25) is 5.91 Å². The number of alkyl halides is 2. The summed E-state index contributed by atoms with van der Waals surface area (Å²) in [6, 6.07) is 3.35. The lowest BCUT2D eigenvalue weighted by Crippen LogP contribution is -2.34. The van der Waals surface area contributed by atoms with Crippen LogP contribution in [0.2, 0.25) is 0 Å². The summed E-state index contributed by atoms with van der Waals surface area (Å²) >= 11 is 0. The van der Waals surface area contributed by atoms with E-state index in [1.165, 1.54) is 18.2 Å². The number of hydrogen-bond donors (Lipinski definition) is 2. The molecule has 0 spiro atoms. The second-order valence-corrected chi connectivity index (χ2v) is 3.83. The van der Waals surface area contributed by atoms with Crippen LogP contribution in [-0.2, 0) is 4.79 Å². The van der Waals surface area contributed by atoms with Crippen molar-refractivity contribution >= 4 is 11.6 Å². The van der Waals surface area contributed by atoms with Gasteiger partial charge < -0.3 is 20.5 Å². The number of halogens is 2. The third-order valence-corrected chi connectivity index (χ3v) is 2.45. The minimum Gasteiger partial charge on any atom is -0.395 e. The first-order valence-electron chi connectivity index (χ1n) is 5.37. The fraction of sp³-hybridized carbons (Fsp3) is 0.364. The van der Waals surface area contributed by atoms with Crippen LogP contribution in [0.25, 0.3) is 0 Å². The zero-order valence-electron chi connectivity index (χ0n) is 9.57. The molecular weight excluding hydrogens is 246 g/mol. The highest BCUT2D eigenvalue weighted by Gasteiger charge is 2.43. The molecular formula is C11H12F2N2O3. The van der Waals surface area contributed by atoms with Crippen LogP contribution in [0, 0.1) is 0 Å². The molecule has 0 fully saturated rings. The van der Waals surface area contributed by atoms with E-state index in [4.69, 9.17) is 5.73 Å². The first-order chi connectivity index (χ1) is 8.41. The molecule has 1 aliphatic heterocycles. The van der Waals surface area contributed by atoms with Gasteiger partial charge in [-0.25, -0.2) is 0 Å². The number of ether oxygens (including phenoxy) is 2. The zero-order valence-corrected chi connectivity index (χ0v) is 9.57. The summed E-state index contributed by atoms with van der Waals surface area (Å²) in [6.45, 7) is 1.77. The molecule has 1 aromatic carbocycles. The normalized spacial score (nSPS) is 17.3. The Kier molecular flexibility index (Phi) is 3.08. The van der Waals surface area contributed by atoms with Gasteiger partial charge in [-0.05, 0) is 18.6 Å². The number of fused-ring (bicyclic) bond motifs is 1. The summed E-state index contributed by atoms with van der Waals surface area (Å²) in [6.07, 6.45) is -3.18. The predicted octanol–water partition coefficient (Wildman–Crippen LogP) is 1.68. The van der Waals surface area contributed by atoms with Gasteiger partial charge in [0.05, 0.1) is 6.04 Å². The minimum atomic E-state index is -3.66. The van der Waals surface area contributed by atoms with Crippen molar-refractivity contribution in [2.75, 3.05) is 5.32 Å². The average molecular weight is 258 g/mol. The summed E-state index contributed by atoms with van der Waals surface area (Å²) in [7, 11) is 0. The van der Waals surface area contributed by atoms with Gasteiger partial charge in [-0.2, -0.15) is 0 Å². The van der Waals surface area contributed by atoms with Crippen molar-refractivity contribution < 1.29 is 23.0 Å². The van der Waals surface area contributed by atoms with E-state index >= 15 is 0 Å². The number of rotatable bonds is 3. The molecule has 1 amide bonds. The minimum absolute atomic E-state index is 0.0715. The number of amides is 1. The van der Waals surface area contributed by atoms with Gasteiger partial charge in [0.25, 0.3) is 0 Å². The van der Waals surface area contributed by atoms with E-state index in [1.807, 2.05) is 0 Å². The van der Waals surface area contributed by atoms with Crippen molar-refractivity contribution in [2.24, 2.45) is 5.73 Å². The molecule has 2 rings (SSSR count). The Morgan fingerprint density at radius 1 is 1.44 bits per heavy atom. The second kappa shape index (κ2) is 4.41. The number of hydrogen-bond acceptors (Lipinski definition) is 4. The molecule has 1 atom stereocenters. The summed E-state index contributed by atoms with van der Waals surface area (Å²) < 4.78 is 34.0. The Bertz CT molecular complexity index is 479. The SMILES string of the molecule is CCC(N)C(=O)Nc1ccc2c(c1)OC(F)(F)O2. The fourth-order valence-electron chi connectivity index (χ4n) is 1.45. The smallest absolute Gasteiger partial charge is 0.395 e. The standard InChI is InChI=1S/C11H12F2N2O3/c1-2-7(14)10(16)15-6-3-4-8-9(5-6)18-11(12,13)17-8/h3-5,7H,2,14H2,1H3,(H,15,16). The van der Waals surface area contributed by atoms with Crippen LogP contribution < -0.4 is 20.5 Å². The Balaban J connectivity index is 2.12. The Morgan fingerprint density at radius 3 is 2.78 bits per heavy atom. The van der Waals surface area contributed by atoms with E-state index in [2.05, 4.69) is 14.8 Å². The molecule has 7 heteroatoms. The second-order valence-electron chi connectivity index (χ2n) is 3.83. The molecule has 0 saturated heterocycles. The van der Waals surface area contributed by atoms with Crippen molar-refractivity contribution in [1.29, 1.82) is 0 Å². The Hall–Kier alpha value is -1.89. The highest BCUT2D eigenvalue weighted by molar-refractivity contribution is 5.94. The molecule has 0 radical (unpaired) electrons. The molecule has 1 aliphatic rings. The van der Waals surface area contributed by atoms with Crippen molar-refractivity contribution in [3.63, 3.8) is 0 Å². The predicted molar refractivity (Wildman–Crippen MR) is 59.5 cm³/mol. The van der Waals surface area contributed by atoms with Gasteiger partial charge in [0.15, 0.2) is 11.5 Å². The maximum atomic E-state index is 12.8. The third-order valence-electron chi connectivity index (χ3n) is 2.45. The molecule has 98 valence electrons. The fourth-order valence-corrected chi connectivity index (χ4v) is 1.45. The number of carbonyl (C=O) groups is 1. The molecule has 1 heterocycles. The summed E-state index contributed by atoms with van der Waals surface area (Å²) in [5.74, 6) is -0.580. The van der Waals surface area contributed by atoms with Gasteiger partial charge in [0, 0.05) is 11.8 Å². The van der Waals surface area contributed by atoms with Crippen LogP contribution in [0.3, 0.4) is 0 Å². The van der Waals surface area contributed by atoms with E-state index in [0.29, 0.717) is 12.1 Å². The molecule has 1 aromatic rings. The number of nitrogens with two attached hydrogens (primary N) is 1. The van der Waals surface area contributed by atoms with Gasteiger partial charge in [-0.15, -0.1) is 8.78 Å². The number of nitrogens with one attached hydrogen (secondary N) is 1. The lowest BCUT2D eigenvalue weighted by Gasteiger charge is -2.10. The van der Waals surface area contributed by atoms with Crippen molar-refractivity contribution in [3.05, 3.63) is 18.2 Å². The van der Waals surface area contributed by atoms with Crippen LogP contribution in [0.15, 0.2) is 18.2 Å². The van der Waals surface area contributed by atoms with Crippen LogP contribution in [0.5, 0.6) is 11.5 Å². The highest BCUT2D eigenvalue weighted by atomic mass is 19.3. The zero-order chi connectivity index (χ0) is 13.3. The third kappa shape index (κ3) is 2.51. The molecule has 1 unspecified atom stereocenters. The number of benzene rings is 1. The number of carbonyl (C=O) groups excluding carboxylic acids is 1. The molecule has 5 nitrogen and oxygen atoms in total. The van der Waals surface area contributed by atoms with Gasteiger partial charge in [-0.3, -0.25) is 4.79 Å². The first kappa shape index (κ1) is 12.6. The van der Waals surface area contributed by atoms with E-state index < -0.39 is 12.3 Å². The molecule has 0 aromatic heterocycles. The molecule has 18 heavy (non-hydrogen) atoms.